The van der Waals surface area contributed by atoms with Gasteiger partial charge in [-0.2, -0.15) is 0 Å². The molecule has 0 radical (unpaired) electrons. The topological polar surface area (TPSA) is 49.4 Å². The van der Waals surface area contributed by atoms with Gasteiger partial charge in [0.05, 0.1) is 6.42 Å². The third-order valence-corrected chi connectivity index (χ3v) is 6.45. The molecule has 0 heterocycles. The van der Waals surface area contributed by atoms with Crippen LogP contribution >= 0.6 is 0 Å². The van der Waals surface area contributed by atoms with Crippen LogP contribution < -0.4 is 5.32 Å². The van der Waals surface area contributed by atoms with Gasteiger partial charge in [-0.3, -0.25) is 9.59 Å². The Bertz CT molecular complexity index is 893. The molecule has 32 heavy (non-hydrogen) atoms. The van der Waals surface area contributed by atoms with Crippen molar-refractivity contribution in [2.45, 2.75) is 91.3 Å². The molecule has 2 aromatic carbocycles. The van der Waals surface area contributed by atoms with E-state index in [-0.39, 0.29) is 17.9 Å². The highest BCUT2D eigenvalue weighted by Crippen LogP contribution is 2.20. The van der Waals surface area contributed by atoms with Crippen molar-refractivity contribution in [3.63, 3.8) is 0 Å². The molecule has 1 saturated carbocycles. The van der Waals surface area contributed by atoms with Gasteiger partial charge in [0.1, 0.15) is 6.04 Å². The first-order valence-electron chi connectivity index (χ1n) is 12.1. The molecular formula is C28H38N2O2. The normalized spacial score (nSPS) is 15.2. The summed E-state index contributed by atoms with van der Waals surface area (Å²) in [6.07, 6.45) is 6.57. The van der Waals surface area contributed by atoms with E-state index < -0.39 is 6.04 Å². The number of nitrogens with zero attached hydrogens (tertiary/aromatic N) is 1. The van der Waals surface area contributed by atoms with Crippen molar-refractivity contribution in [2.75, 3.05) is 0 Å². The van der Waals surface area contributed by atoms with Crippen molar-refractivity contribution in [1.82, 2.24) is 10.2 Å². The second kappa shape index (κ2) is 11.3. The van der Waals surface area contributed by atoms with Crippen LogP contribution in [0.15, 0.2) is 42.5 Å². The molecule has 1 atom stereocenters. The van der Waals surface area contributed by atoms with Crippen LogP contribution in [0.2, 0.25) is 0 Å². The van der Waals surface area contributed by atoms with Crippen molar-refractivity contribution < 1.29 is 9.59 Å². The molecule has 0 aliphatic heterocycles. The van der Waals surface area contributed by atoms with Crippen LogP contribution in [0.3, 0.4) is 0 Å². The van der Waals surface area contributed by atoms with Gasteiger partial charge in [0.2, 0.25) is 11.8 Å². The minimum Gasteiger partial charge on any atom is -0.352 e. The van der Waals surface area contributed by atoms with Gasteiger partial charge in [-0.1, -0.05) is 85.3 Å². The molecule has 1 N–H and O–H groups in total. The van der Waals surface area contributed by atoms with E-state index in [0.717, 1.165) is 35.1 Å². The van der Waals surface area contributed by atoms with E-state index in [2.05, 4.69) is 68.6 Å². The van der Waals surface area contributed by atoms with Crippen molar-refractivity contribution in [1.29, 1.82) is 0 Å². The van der Waals surface area contributed by atoms with Crippen LogP contribution in [-0.4, -0.2) is 28.8 Å². The van der Waals surface area contributed by atoms with E-state index in [0.29, 0.717) is 19.4 Å². The summed E-state index contributed by atoms with van der Waals surface area (Å²) in [6, 6.07) is 14.3. The van der Waals surface area contributed by atoms with Gasteiger partial charge >= 0.3 is 0 Å². The van der Waals surface area contributed by atoms with E-state index in [1.165, 1.54) is 24.8 Å². The molecular weight excluding hydrogens is 396 g/mol. The first-order valence-corrected chi connectivity index (χ1v) is 12.1. The molecule has 0 unspecified atom stereocenters. The maximum Gasteiger partial charge on any atom is 0.243 e. The lowest BCUT2D eigenvalue weighted by Gasteiger charge is -2.33. The second-order valence-corrected chi connectivity index (χ2v) is 9.45. The second-order valence-electron chi connectivity index (χ2n) is 9.45. The third kappa shape index (κ3) is 6.69. The molecule has 172 valence electrons. The van der Waals surface area contributed by atoms with E-state index in [4.69, 9.17) is 0 Å². The Morgan fingerprint density at radius 3 is 2.12 bits per heavy atom. The van der Waals surface area contributed by atoms with Gasteiger partial charge in [0.15, 0.2) is 0 Å². The van der Waals surface area contributed by atoms with Crippen LogP contribution in [0.25, 0.3) is 0 Å². The number of aryl methyl sites for hydroxylation is 3. The van der Waals surface area contributed by atoms with Gasteiger partial charge in [0.25, 0.3) is 0 Å². The van der Waals surface area contributed by atoms with Crippen molar-refractivity contribution >= 4 is 11.8 Å². The number of carbonyl (C=O) groups excluding carboxylic acids is 2. The van der Waals surface area contributed by atoms with Gasteiger partial charge in [0, 0.05) is 12.6 Å². The number of amides is 2. The van der Waals surface area contributed by atoms with E-state index in [1.807, 2.05) is 6.92 Å². The SMILES string of the molecule is CC[C@H](C(=O)NC1CCCCC1)N(Cc1ccc(C)cc1)C(=O)Cc1cc(C)cc(C)c1. The lowest BCUT2D eigenvalue weighted by Crippen LogP contribution is -2.51. The maximum atomic E-state index is 13.5. The van der Waals surface area contributed by atoms with Crippen LogP contribution in [0.4, 0.5) is 0 Å². The fourth-order valence-corrected chi connectivity index (χ4v) is 4.80. The van der Waals surface area contributed by atoms with Crippen molar-refractivity contribution in [2.24, 2.45) is 0 Å². The molecule has 1 aliphatic carbocycles. The highest BCUT2D eigenvalue weighted by atomic mass is 16.2. The Balaban J connectivity index is 1.82. The first kappa shape index (κ1) is 24.0. The van der Waals surface area contributed by atoms with E-state index >= 15 is 0 Å². The number of hydrogen-bond donors (Lipinski definition) is 1. The van der Waals surface area contributed by atoms with Gasteiger partial charge in [-0.15, -0.1) is 0 Å². The summed E-state index contributed by atoms with van der Waals surface area (Å²) >= 11 is 0. The van der Waals surface area contributed by atoms with Crippen LogP contribution in [0, 0.1) is 20.8 Å². The third-order valence-electron chi connectivity index (χ3n) is 6.45. The minimum absolute atomic E-state index is 0.00113. The summed E-state index contributed by atoms with van der Waals surface area (Å²) in [5.74, 6) is -0.0125. The standard InChI is InChI=1S/C28H38N2O2/c1-5-26(28(32)29-25-9-7-6-8-10-25)30(19-23-13-11-20(2)12-14-23)27(31)18-24-16-21(3)15-22(4)17-24/h11-17,25-26H,5-10,18-19H2,1-4H3,(H,29,32)/t26-/m1/s1. The highest BCUT2D eigenvalue weighted by molar-refractivity contribution is 5.88. The van der Waals surface area contributed by atoms with Crippen molar-refractivity contribution in [3.05, 3.63) is 70.3 Å². The number of benzene rings is 2. The lowest BCUT2D eigenvalue weighted by atomic mass is 9.95. The molecule has 0 spiro atoms. The zero-order chi connectivity index (χ0) is 23.1. The summed E-state index contributed by atoms with van der Waals surface area (Å²) in [5, 5.41) is 3.25. The molecule has 4 heteroatoms. The molecule has 1 aliphatic rings. The zero-order valence-corrected chi connectivity index (χ0v) is 20.1. The largest absolute Gasteiger partial charge is 0.352 e. The summed E-state index contributed by atoms with van der Waals surface area (Å²) in [4.78, 5) is 28.6. The average Bonchev–Trinajstić information content (AvgIpc) is 2.75. The Labute approximate surface area is 193 Å². The quantitative estimate of drug-likeness (QED) is 0.604. The maximum absolute atomic E-state index is 13.5. The number of rotatable bonds is 8. The fraction of sp³-hybridized carbons (Fsp3) is 0.500. The molecule has 0 bridgehead atoms. The van der Waals surface area contributed by atoms with Crippen molar-refractivity contribution in [3.8, 4) is 0 Å². The monoisotopic (exact) mass is 434 g/mol. The number of nitrogens with one attached hydrogen (secondary N) is 1. The average molecular weight is 435 g/mol. The lowest BCUT2D eigenvalue weighted by molar-refractivity contribution is -0.141. The molecule has 1 fully saturated rings. The summed E-state index contributed by atoms with van der Waals surface area (Å²) in [5.41, 5.74) is 5.54. The minimum atomic E-state index is -0.461. The Hall–Kier alpha value is -2.62. The molecule has 2 amide bonds. The van der Waals surface area contributed by atoms with Crippen LogP contribution in [-0.2, 0) is 22.6 Å². The summed E-state index contributed by atoms with van der Waals surface area (Å²) in [7, 11) is 0. The van der Waals surface area contributed by atoms with Gasteiger partial charge in [-0.25, -0.2) is 0 Å². The molecule has 0 saturated heterocycles. The Morgan fingerprint density at radius 1 is 0.906 bits per heavy atom. The van der Waals surface area contributed by atoms with Crippen LogP contribution in [0.1, 0.15) is 73.3 Å². The van der Waals surface area contributed by atoms with E-state index in [9.17, 15) is 9.59 Å². The number of carbonyl (C=O) groups is 2. The predicted molar refractivity (Wildman–Crippen MR) is 130 cm³/mol. The van der Waals surface area contributed by atoms with Crippen LogP contribution in [0.5, 0.6) is 0 Å². The molecule has 2 aromatic rings. The first-order chi connectivity index (χ1) is 15.4. The number of hydrogen-bond acceptors (Lipinski definition) is 2. The smallest absolute Gasteiger partial charge is 0.243 e. The zero-order valence-electron chi connectivity index (χ0n) is 20.1. The Morgan fingerprint density at radius 2 is 1.53 bits per heavy atom. The Kier molecular flexibility index (Phi) is 8.49. The fourth-order valence-electron chi connectivity index (χ4n) is 4.80. The highest BCUT2D eigenvalue weighted by Gasteiger charge is 2.30. The summed E-state index contributed by atoms with van der Waals surface area (Å²) in [6.45, 7) is 8.60. The molecule has 3 rings (SSSR count). The summed E-state index contributed by atoms with van der Waals surface area (Å²) < 4.78 is 0. The molecule has 4 nitrogen and oxygen atoms in total. The predicted octanol–water partition coefficient (Wildman–Crippen LogP) is 5.41. The molecule has 0 aromatic heterocycles. The van der Waals surface area contributed by atoms with Gasteiger partial charge < -0.3 is 10.2 Å². The van der Waals surface area contributed by atoms with E-state index in [1.54, 1.807) is 4.90 Å². The van der Waals surface area contributed by atoms with Gasteiger partial charge in [-0.05, 0) is 51.2 Å².